The fraction of sp³-hybridized carbons (Fsp3) is 0.988. The molecule has 0 spiro atoms. The highest BCUT2D eigenvalue weighted by Gasteiger charge is 2.24. The minimum absolute atomic E-state index is 0.0171. The van der Waals surface area contributed by atoms with Crippen LogP contribution in [0.5, 0.6) is 0 Å². The van der Waals surface area contributed by atoms with Gasteiger partial charge in [0.15, 0.2) is 0 Å². The number of nitrogens with one attached hydrogen (secondary N) is 1. The van der Waals surface area contributed by atoms with Gasteiger partial charge in [-0.25, -0.2) is 0 Å². The summed E-state index contributed by atoms with van der Waals surface area (Å²) in [5, 5.41) is 14.1. The van der Waals surface area contributed by atoms with Crippen LogP contribution in [0.3, 0.4) is 0 Å². The Kier molecular flexibility index (Phi) is 71.4. The summed E-state index contributed by atoms with van der Waals surface area (Å²) in [6.07, 6.45) is 92.4. The molecule has 0 saturated carbocycles. The molecule has 8 nitrogen and oxygen atoms in total. The Morgan fingerprint density at radius 1 is 0.348 bits per heavy atom. The zero-order valence-electron chi connectivity index (χ0n) is 61.4. The van der Waals surface area contributed by atoms with Crippen molar-refractivity contribution < 1.29 is 32.9 Å². The van der Waals surface area contributed by atoms with Gasteiger partial charge >= 0.3 is 0 Å². The molecule has 2 N–H and O–H groups in total. The number of unbranched alkanes of at least 4 members (excludes halogenated alkanes) is 65. The van der Waals surface area contributed by atoms with E-state index in [9.17, 15) is 19.4 Å². The molecule has 0 aliphatic carbocycles. The van der Waals surface area contributed by atoms with E-state index in [0.29, 0.717) is 23.9 Å². The minimum atomic E-state index is -4.58. The van der Waals surface area contributed by atoms with Crippen LogP contribution in [0.1, 0.15) is 457 Å². The van der Waals surface area contributed by atoms with E-state index in [1.165, 1.54) is 392 Å². The van der Waals surface area contributed by atoms with Crippen molar-refractivity contribution in [2.75, 3.05) is 40.9 Å². The van der Waals surface area contributed by atoms with Crippen LogP contribution in [-0.4, -0.2) is 68.5 Å². The van der Waals surface area contributed by atoms with E-state index in [0.717, 1.165) is 38.5 Å². The van der Waals surface area contributed by atoms with Crippen molar-refractivity contribution in [1.82, 2.24) is 5.32 Å². The first-order valence-corrected chi connectivity index (χ1v) is 42.3. The lowest BCUT2D eigenvalue weighted by Crippen LogP contribution is -2.46. The van der Waals surface area contributed by atoms with Gasteiger partial charge in [-0.1, -0.05) is 438 Å². The van der Waals surface area contributed by atoms with Gasteiger partial charge in [-0.3, -0.25) is 9.36 Å². The second-order valence-corrected chi connectivity index (χ2v) is 31.3. The molecule has 0 rings (SSSR count). The number of likely N-dealkylation sites (N-methyl/N-ethyl adjacent to an activating group) is 1. The van der Waals surface area contributed by atoms with E-state index in [1.54, 1.807) is 0 Å². The normalized spacial score (nSPS) is 13.4. The van der Waals surface area contributed by atoms with Crippen LogP contribution in [0.25, 0.3) is 0 Å². The molecule has 0 saturated heterocycles. The van der Waals surface area contributed by atoms with E-state index >= 15 is 0 Å². The van der Waals surface area contributed by atoms with Crippen molar-refractivity contribution >= 4 is 13.7 Å². The van der Waals surface area contributed by atoms with E-state index in [4.69, 9.17) is 9.05 Å². The first-order chi connectivity index (χ1) is 43.5. The number of rotatable bonds is 78. The summed E-state index contributed by atoms with van der Waals surface area (Å²) in [4.78, 5) is 25.7. The summed E-state index contributed by atoms with van der Waals surface area (Å²) >= 11 is 0. The van der Waals surface area contributed by atoms with E-state index in [-0.39, 0.29) is 19.1 Å². The van der Waals surface area contributed by atoms with Crippen LogP contribution in [-0.2, 0) is 18.4 Å². The number of quaternary nitrogens is 1. The molecule has 3 atom stereocenters. The summed E-state index contributed by atoms with van der Waals surface area (Å²) in [6, 6.07) is -0.798. The van der Waals surface area contributed by atoms with Gasteiger partial charge < -0.3 is 28.8 Å². The van der Waals surface area contributed by atoms with Crippen LogP contribution in [0, 0.1) is 0 Å². The number of hydrogen-bond donors (Lipinski definition) is 2. The Morgan fingerprint density at radius 3 is 0.764 bits per heavy atom. The average Bonchev–Trinajstić information content (AvgIpc) is 3.60. The lowest BCUT2D eigenvalue weighted by atomic mass is 10.0. The number of aliphatic hydroxyl groups excluding tert-OH is 1. The molecule has 0 aromatic carbocycles. The molecule has 0 aliphatic rings. The molecule has 0 aromatic rings. The number of amides is 1. The molecular formula is C80H163N2O6P. The van der Waals surface area contributed by atoms with Gasteiger partial charge in [-0.15, -0.1) is 0 Å². The van der Waals surface area contributed by atoms with Gasteiger partial charge in [-0.2, -0.15) is 0 Å². The molecule has 0 radical (unpaired) electrons. The monoisotopic (exact) mass is 1280 g/mol. The fourth-order valence-corrected chi connectivity index (χ4v) is 14.0. The number of carbonyl (C=O) groups excluding carboxylic acids is 1. The highest BCUT2D eigenvalue weighted by atomic mass is 31.2. The first kappa shape index (κ1) is 88.5. The lowest BCUT2D eigenvalue weighted by Gasteiger charge is -2.30. The van der Waals surface area contributed by atoms with Crippen molar-refractivity contribution in [1.29, 1.82) is 0 Å². The van der Waals surface area contributed by atoms with Crippen LogP contribution in [0.4, 0.5) is 0 Å². The van der Waals surface area contributed by atoms with Gasteiger partial charge in [-0.05, 0) is 12.8 Å². The quantitative estimate of drug-likeness (QED) is 0.0357. The molecule has 1 amide bonds. The van der Waals surface area contributed by atoms with Crippen molar-refractivity contribution in [2.24, 2.45) is 0 Å². The van der Waals surface area contributed by atoms with Crippen LogP contribution in [0.15, 0.2) is 0 Å². The van der Waals surface area contributed by atoms with Gasteiger partial charge in [0.1, 0.15) is 13.2 Å². The SMILES string of the molecule is CCCCCCCCCCCCCCCCCCCCCCCCCCCCCCCCCCCCCCCCCCC(=O)NC(COP(=O)([O-])OCC[N+](C)(C)C)C(O)CCCCCCCCCCCCCCCCCCCCCCCCCCCCC. The third kappa shape index (κ3) is 74.8. The Morgan fingerprint density at radius 2 is 0.551 bits per heavy atom. The lowest BCUT2D eigenvalue weighted by molar-refractivity contribution is -0.870. The molecule has 9 heteroatoms. The van der Waals surface area contributed by atoms with Gasteiger partial charge in [0.25, 0.3) is 7.82 Å². The smallest absolute Gasteiger partial charge is 0.268 e. The number of phosphoric ester groups is 1. The Balaban J connectivity index is 3.85. The maximum atomic E-state index is 13.1. The molecule has 0 fully saturated rings. The van der Waals surface area contributed by atoms with Crippen molar-refractivity contribution in [3.63, 3.8) is 0 Å². The minimum Gasteiger partial charge on any atom is -0.756 e. The fourth-order valence-electron chi connectivity index (χ4n) is 13.3. The maximum Gasteiger partial charge on any atom is 0.268 e. The zero-order chi connectivity index (χ0) is 64.8. The van der Waals surface area contributed by atoms with E-state index in [2.05, 4.69) is 19.2 Å². The van der Waals surface area contributed by atoms with Crippen LogP contribution < -0.4 is 10.2 Å². The van der Waals surface area contributed by atoms with Gasteiger partial charge in [0, 0.05) is 6.42 Å². The summed E-state index contributed by atoms with van der Waals surface area (Å²) < 4.78 is 23.6. The molecule has 3 unspecified atom stereocenters. The van der Waals surface area contributed by atoms with Crippen molar-refractivity contribution in [3.8, 4) is 0 Å². The first-order valence-electron chi connectivity index (χ1n) is 40.9. The number of carbonyl (C=O) groups is 1. The van der Waals surface area contributed by atoms with Crippen LogP contribution >= 0.6 is 7.82 Å². The number of phosphoric acid groups is 1. The third-order valence-electron chi connectivity index (χ3n) is 19.6. The molecule has 0 aromatic heterocycles. The molecule has 0 aliphatic heterocycles. The molecular weight excluding hydrogens is 1120 g/mol. The summed E-state index contributed by atoms with van der Waals surface area (Å²) in [5.41, 5.74) is 0. The second kappa shape index (κ2) is 71.8. The zero-order valence-corrected chi connectivity index (χ0v) is 62.3. The molecule has 0 heterocycles. The Bertz CT molecular complexity index is 1410. The average molecular weight is 1280 g/mol. The Labute approximate surface area is 559 Å². The highest BCUT2D eigenvalue weighted by molar-refractivity contribution is 7.45. The third-order valence-corrected chi connectivity index (χ3v) is 20.6. The van der Waals surface area contributed by atoms with E-state index < -0.39 is 20.0 Å². The van der Waals surface area contributed by atoms with E-state index in [1.807, 2.05) is 21.1 Å². The number of hydrogen-bond acceptors (Lipinski definition) is 6. The summed E-state index contributed by atoms with van der Waals surface area (Å²) in [7, 11) is 1.34. The van der Waals surface area contributed by atoms with Crippen molar-refractivity contribution in [3.05, 3.63) is 0 Å². The second-order valence-electron chi connectivity index (χ2n) is 29.9. The van der Waals surface area contributed by atoms with Gasteiger partial charge in [0.05, 0.1) is 39.9 Å². The topological polar surface area (TPSA) is 108 Å². The van der Waals surface area contributed by atoms with Crippen LogP contribution in [0.2, 0.25) is 0 Å². The molecule has 534 valence electrons. The largest absolute Gasteiger partial charge is 0.756 e. The number of aliphatic hydroxyl groups is 1. The summed E-state index contributed by atoms with van der Waals surface area (Å²) in [5.74, 6) is -0.152. The number of nitrogens with zero attached hydrogens (tertiary/aromatic N) is 1. The standard InChI is InChI=1S/C80H163N2O6P/c1-6-8-10-12-14-16-18-20-22-24-26-28-30-32-34-35-36-37-38-39-40-41-42-43-44-45-46-48-50-52-54-56-58-60-62-64-66-68-70-72-74-80(84)81-78(77-88-89(85,86)87-76-75-82(3,4)5)79(83)73-71-69-67-65-63-61-59-57-55-53-51-49-47-33-31-29-27-25-23-21-19-17-15-13-11-9-7-2/h78-79,83H,6-77H2,1-5H3,(H-,81,84,85,86). The van der Waals surface area contributed by atoms with Gasteiger partial charge in [0.2, 0.25) is 5.91 Å². The predicted octanol–water partition coefficient (Wildman–Crippen LogP) is 26.0. The maximum absolute atomic E-state index is 13.1. The summed E-state index contributed by atoms with van der Waals surface area (Å²) in [6.45, 7) is 4.81. The molecule has 0 bridgehead atoms. The molecule has 89 heavy (non-hydrogen) atoms. The highest BCUT2D eigenvalue weighted by Crippen LogP contribution is 2.38. The predicted molar refractivity (Wildman–Crippen MR) is 390 cm³/mol. The Hall–Kier alpha value is -0.500. The van der Waals surface area contributed by atoms with Crippen molar-refractivity contribution in [2.45, 2.75) is 469 Å².